The molecule has 0 spiro atoms. The lowest BCUT2D eigenvalue weighted by Crippen LogP contribution is -2.09. The lowest BCUT2D eigenvalue weighted by molar-refractivity contribution is 0.147. The van der Waals surface area contributed by atoms with E-state index in [0.29, 0.717) is 18.4 Å². The molecule has 0 aliphatic heterocycles. The fraction of sp³-hybridized carbons (Fsp3) is 0.714. The molecule has 1 saturated carbocycles. The summed E-state index contributed by atoms with van der Waals surface area (Å²) >= 11 is 0. The standard InChI is InChI=1S/C14H23N3O2/c1-3-18-9-5-8-15-12-10-13(19-4-2)17-14(16-12)11-6-7-11/h10-11H,3-9H2,1-2H3,(H,15,16,17). The quantitative estimate of drug-likeness (QED) is 0.695. The molecule has 0 unspecified atom stereocenters. The first-order valence-electron chi connectivity index (χ1n) is 7.16. The van der Waals surface area contributed by atoms with E-state index < -0.39 is 0 Å². The Morgan fingerprint density at radius 1 is 1.26 bits per heavy atom. The topological polar surface area (TPSA) is 56.3 Å². The van der Waals surface area contributed by atoms with Crippen molar-refractivity contribution < 1.29 is 9.47 Å². The van der Waals surface area contributed by atoms with Gasteiger partial charge >= 0.3 is 0 Å². The van der Waals surface area contributed by atoms with Gasteiger partial charge in [0.15, 0.2) is 0 Å². The molecule has 1 aliphatic rings. The zero-order chi connectivity index (χ0) is 13.5. The van der Waals surface area contributed by atoms with Crippen LogP contribution in [0.2, 0.25) is 0 Å². The molecule has 5 heteroatoms. The van der Waals surface area contributed by atoms with E-state index >= 15 is 0 Å². The Hall–Kier alpha value is -1.36. The van der Waals surface area contributed by atoms with Crippen molar-refractivity contribution in [2.75, 3.05) is 31.7 Å². The van der Waals surface area contributed by atoms with Crippen LogP contribution in [0.5, 0.6) is 5.88 Å². The SMILES string of the molecule is CCOCCCNc1cc(OCC)nc(C2CC2)n1. The summed E-state index contributed by atoms with van der Waals surface area (Å²) in [5.41, 5.74) is 0. The summed E-state index contributed by atoms with van der Waals surface area (Å²) in [5, 5.41) is 3.31. The van der Waals surface area contributed by atoms with Crippen LogP contribution in [0.25, 0.3) is 0 Å². The van der Waals surface area contributed by atoms with E-state index in [-0.39, 0.29) is 0 Å². The molecule has 1 aromatic heterocycles. The van der Waals surface area contributed by atoms with E-state index in [1.54, 1.807) is 0 Å². The lowest BCUT2D eigenvalue weighted by atomic mass is 10.3. The van der Waals surface area contributed by atoms with Crippen molar-refractivity contribution >= 4 is 5.82 Å². The molecule has 0 radical (unpaired) electrons. The van der Waals surface area contributed by atoms with Crippen LogP contribution < -0.4 is 10.1 Å². The maximum Gasteiger partial charge on any atom is 0.218 e. The van der Waals surface area contributed by atoms with Gasteiger partial charge in [-0.25, -0.2) is 4.98 Å². The predicted molar refractivity (Wildman–Crippen MR) is 74.8 cm³/mol. The van der Waals surface area contributed by atoms with Crippen molar-refractivity contribution in [2.24, 2.45) is 0 Å². The molecule has 1 aliphatic carbocycles. The summed E-state index contributed by atoms with van der Waals surface area (Å²) in [6, 6.07) is 1.87. The minimum Gasteiger partial charge on any atom is -0.478 e. The monoisotopic (exact) mass is 265 g/mol. The van der Waals surface area contributed by atoms with E-state index in [1.165, 1.54) is 12.8 Å². The summed E-state index contributed by atoms with van der Waals surface area (Å²) in [7, 11) is 0. The van der Waals surface area contributed by atoms with Gasteiger partial charge in [0.2, 0.25) is 5.88 Å². The van der Waals surface area contributed by atoms with Crippen molar-refractivity contribution in [1.82, 2.24) is 9.97 Å². The zero-order valence-corrected chi connectivity index (χ0v) is 11.8. The number of nitrogens with zero attached hydrogens (tertiary/aromatic N) is 2. The Balaban J connectivity index is 1.90. The molecule has 1 heterocycles. The summed E-state index contributed by atoms with van der Waals surface area (Å²) in [6.07, 6.45) is 3.36. The van der Waals surface area contributed by atoms with Gasteiger partial charge in [0.25, 0.3) is 0 Å². The smallest absolute Gasteiger partial charge is 0.218 e. The van der Waals surface area contributed by atoms with Gasteiger partial charge in [-0.2, -0.15) is 4.98 Å². The average molecular weight is 265 g/mol. The highest BCUT2D eigenvalue weighted by Crippen LogP contribution is 2.39. The van der Waals surface area contributed by atoms with Crippen molar-refractivity contribution in [3.63, 3.8) is 0 Å². The molecule has 0 bridgehead atoms. The molecule has 0 amide bonds. The summed E-state index contributed by atoms with van der Waals surface area (Å²) in [5.74, 6) is 2.98. The summed E-state index contributed by atoms with van der Waals surface area (Å²) < 4.78 is 10.8. The minimum atomic E-state index is 0.532. The van der Waals surface area contributed by atoms with Gasteiger partial charge in [0.05, 0.1) is 6.61 Å². The van der Waals surface area contributed by atoms with E-state index in [4.69, 9.17) is 9.47 Å². The van der Waals surface area contributed by atoms with Crippen molar-refractivity contribution in [1.29, 1.82) is 0 Å². The molecule has 0 aromatic carbocycles. The van der Waals surface area contributed by atoms with E-state index in [1.807, 2.05) is 19.9 Å². The van der Waals surface area contributed by atoms with Crippen LogP contribution >= 0.6 is 0 Å². The Morgan fingerprint density at radius 2 is 2.11 bits per heavy atom. The first kappa shape index (κ1) is 14.1. The minimum absolute atomic E-state index is 0.532. The molecule has 5 nitrogen and oxygen atoms in total. The molecule has 0 saturated heterocycles. The largest absolute Gasteiger partial charge is 0.478 e. The number of nitrogens with one attached hydrogen (secondary N) is 1. The number of aromatic nitrogens is 2. The Bertz CT molecular complexity index is 394. The van der Waals surface area contributed by atoms with Gasteiger partial charge in [-0.05, 0) is 33.1 Å². The van der Waals surface area contributed by atoms with Crippen LogP contribution in [-0.4, -0.2) is 36.3 Å². The molecule has 1 aromatic rings. The molecule has 1 N–H and O–H groups in total. The maximum atomic E-state index is 5.49. The normalized spacial score (nSPS) is 14.4. The van der Waals surface area contributed by atoms with Gasteiger partial charge in [-0.1, -0.05) is 0 Å². The number of rotatable bonds is 9. The van der Waals surface area contributed by atoms with Crippen LogP contribution in [0.3, 0.4) is 0 Å². The third-order valence-electron chi connectivity index (χ3n) is 2.93. The highest BCUT2D eigenvalue weighted by Gasteiger charge is 2.27. The molecular formula is C14H23N3O2. The molecule has 106 valence electrons. The van der Waals surface area contributed by atoms with Crippen LogP contribution in [0.4, 0.5) is 5.82 Å². The predicted octanol–water partition coefficient (Wildman–Crippen LogP) is 2.59. The third kappa shape index (κ3) is 4.67. The Kier molecular flexibility index (Phi) is 5.39. The van der Waals surface area contributed by atoms with Crippen molar-refractivity contribution in [3.05, 3.63) is 11.9 Å². The summed E-state index contributed by atoms with van der Waals surface area (Å²) in [4.78, 5) is 9.00. The summed E-state index contributed by atoms with van der Waals surface area (Å²) in [6.45, 7) is 7.01. The first-order valence-corrected chi connectivity index (χ1v) is 7.16. The fourth-order valence-corrected chi connectivity index (χ4v) is 1.81. The van der Waals surface area contributed by atoms with Gasteiger partial charge in [-0.3, -0.25) is 0 Å². The van der Waals surface area contributed by atoms with Gasteiger partial charge in [-0.15, -0.1) is 0 Å². The maximum absolute atomic E-state index is 5.49. The second-order valence-electron chi connectivity index (χ2n) is 4.63. The second kappa shape index (κ2) is 7.28. The lowest BCUT2D eigenvalue weighted by Gasteiger charge is -2.10. The second-order valence-corrected chi connectivity index (χ2v) is 4.63. The third-order valence-corrected chi connectivity index (χ3v) is 2.93. The van der Waals surface area contributed by atoms with Crippen LogP contribution in [0.1, 0.15) is 44.9 Å². The Morgan fingerprint density at radius 3 is 2.79 bits per heavy atom. The van der Waals surface area contributed by atoms with E-state index in [2.05, 4.69) is 15.3 Å². The number of hydrogen-bond donors (Lipinski definition) is 1. The van der Waals surface area contributed by atoms with Gasteiger partial charge in [0.1, 0.15) is 11.6 Å². The fourth-order valence-electron chi connectivity index (χ4n) is 1.81. The number of anilines is 1. The first-order chi connectivity index (χ1) is 9.33. The number of hydrogen-bond acceptors (Lipinski definition) is 5. The molecule has 19 heavy (non-hydrogen) atoms. The Labute approximate surface area is 114 Å². The molecule has 0 atom stereocenters. The van der Waals surface area contributed by atoms with Crippen LogP contribution in [0, 0.1) is 0 Å². The molecular weight excluding hydrogens is 242 g/mol. The highest BCUT2D eigenvalue weighted by molar-refractivity contribution is 5.39. The molecule has 2 rings (SSSR count). The van der Waals surface area contributed by atoms with Crippen molar-refractivity contribution in [2.45, 2.75) is 39.0 Å². The van der Waals surface area contributed by atoms with Crippen molar-refractivity contribution in [3.8, 4) is 5.88 Å². The number of ether oxygens (including phenoxy) is 2. The van der Waals surface area contributed by atoms with Crippen LogP contribution in [0.15, 0.2) is 6.07 Å². The van der Waals surface area contributed by atoms with Gasteiger partial charge < -0.3 is 14.8 Å². The van der Waals surface area contributed by atoms with Crippen LogP contribution in [-0.2, 0) is 4.74 Å². The van der Waals surface area contributed by atoms with Gasteiger partial charge in [0, 0.05) is 31.7 Å². The van der Waals surface area contributed by atoms with E-state index in [0.717, 1.165) is 37.8 Å². The van der Waals surface area contributed by atoms with E-state index in [9.17, 15) is 0 Å². The molecule has 1 fully saturated rings. The average Bonchev–Trinajstić information content (AvgIpc) is 3.23. The zero-order valence-electron chi connectivity index (χ0n) is 11.8. The highest BCUT2D eigenvalue weighted by atomic mass is 16.5.